The fourth-order valence-corrected chi connectivity index (χ4v) is 1.79. The van der Waals surface area contributed by atoms with Crippen LogP contribution in [0.5, 0.6) is 0 Å². The molecule has 2 nitrogen and oxygen atoms in total. The normalized spacial score (nSPS) is 27.0. The third-order valence-electron chi connectivity index (χ3n) is 2.59. The van der Waals surface area contributed by atoms with E-state index in [1.54, 1.807) is 6.07 Å². The van der Waals surface area contributed by atoms with Crippen LogP contribution < -0.4 is 5.73 Å². The summed E-state index contributed by atoms with van der Waals surface area (Å²) < 4.78 is 12.9. The first kappa shape index (κ1) is 8.66. The number of hydrogen-bond donors (Lipinski definition) is 2. The molecule has 0 radical (unpaired) electrons. The van der Waals surface area contributed by atoms with Crippen LogP contribution in [0.15, 0.2) is 18.2 Å². The minimum absolute atomic E-state index is 0.289. The van der Waals surface area contributed by atoms with E-state index in [0.717, 1.165) is 17.5 Å². The highest BCUT2D eigenvalue weighted by Crippen LogP contribution is 2.28. The minimum atomic E-state index is -0.533. The number of halogens is 1. The number of aliphatic hydroxyl groups is 1. The summed E-state index contributed by atoms with van der Waals surface area (Å²) in [7, 11) is 0. The van der Waals surface area contributed by atoms with Gasteiger partial charge in [-0.25, -0.2) is 4.39 Å². The van der Waals surface area contributed by atoms with E-state index < -0.39 is 12.1 Å². The van der Waals surface area contributed by atoms with Crippen LogP contribution >= 0.6 is 0 Å². The van der Waals surface area contributed by atoms with E-state index in [4.69, 9.17) is 5.73 Å². The molecule has 13 heavy (non-hydrogen) atoms. The quantitative estimate of drug-likeness (QED) is 0.630. The van der Waals surface area contributed by atoms with Crippen molar-refractivity contribution >= 4 is 0 Å². The summed E-state index contributed by atoms with van der Waals surface area (Å²) in [6.45, 7) is 0. The Labute approximate surface area is 76.2 Å². The lowest BCUT2D eigenvalue weighted by Gasteiger charge is -2.27. The summed E-state index contributed by atoms with van der Waals surface area (Å²) in [6, 6.07) is 4.17. The summed E-state index contributed by atoms with van der Waals surface area (Å²) in [5, 5.41) is 9.47. The third kappa shape index (κ3) is 1.45. The van der Waals surface area contributed by atoms with Crippen LogP contribution in [0.4, 0.5) is 4.39 Å². The zero-order valence-electron chi connectivity index (χ0n) is 7.20. The lowest BCUT2D eigenvalue weighted by Crippen LogP contribution is -2.31. The number of nitrogens with two attached hydrogens (primary N) is 1. The lowest BCUT2D eigenvalue weighted by atomic mass is 9.86. The van der Waals surface area contributed by atoms with Gasteiger partial charge in [-0.05, 0) is 36.1 Å². The molecule has 0 saturated heterocycles. The molecule has 0 aromatic heterocycles. The second-order valence-corrected chi connectivity index (χ2v) is 3.47. The highest BCUT2D eigenvalue weighted by molar-refractivity contribution is 5.33. The molecule has 1 aromatic rings. The molecule has 1 aromatic carbocycles. The first-order chi connectivity index (χ1) is 6.18. The van der Waals surface area contributed by atoms with E-state index >= 15 is 0 Å². The number of aliphatic hydroxyl groups excluding tert-OH is 1. The standard InChI is InChI=1S/C10H12FNO/c11-7-3-1-6-2-4-9(13)10(12)8(6)5-7/h1,3,5,9-10,13H,2,4,12H2/t9-,10-/m1/s1. The Morgan fingerprint density at radius 2 is 2.23 bits per heavy atom. The van der Waals surface area contributed by atoms with Crippen LogP contribution in [0.1, 0.15) is 23.6 Å². The monoisotopic (exact) mass is 181 g/mol. The molecule has 1 aliphatic carbocycles. The van der Waals surface area contributed by atoms with E-state index in [9.17, 15) is 9.50 Å². The predicted octanol–water partition coefficient (Wildman–Crippen LogP) is 1.13. The fraction of sp³-hybridized carbons (Fsp3) is 0.400. The second-order valence-electron chi connectivity index (χ2n) is 3.47. The SMILES string of the molecule is N[C@@H]1c2cc(F)ccc2CC[C@H]1O. The number of aryl methyl sites for hydroxylation is 1. The second kappa shape index (κ2) is 3.09. The van der Waals surface area contributed by atoms with Gasteiger partial charge in [0.05, 0.1) is 12.1 Å². The Bertz CT molecular complexity index is 327. The number of benzene rings is 1. The van der Waals surface area contributed by atoms with Crippen molar-refractivity contribution in [1.29, 1.82) is 0 Å². The topological polar surface area (TPSA) is 46.2 Å². The molecule has 0 bridgehead atoms. The average molecular weight is 181 g/mol. The molecule has 0 aliphatic heterocycles. The smallest absolute Gasteiger partial charge is 0.123 e. The molecule has 0 amide bonds. The van der Waals surface area contributed by atoms with Gasteiger partial charge in [0, 0.05) is 0 Å². The molecule has 0 spiro atoms. The molecule has 1 aliphatic rings. The van der Waals surface area contributed by atoms with Crippen molar-refractivity contribution in [1.82, 2.24) is 0 Å². The zero-order valence-corrected chi connectivity index (χ0v) is 7.20. The predicted molar refractivity (Wildman–Crippen MR) is 47.7 cm³/mol. The summed E-state index contributed by atoms with van der Waals surface area (Å²) in [6.07, 6.45) is 0.916. The third-order valence-corrected chi connectivity index (χ3v) is 2.59. The summed E-state index contributed by atoms with van der Waals surface area (Å²) >= 11 is 0. The maximum atomic E-state index is 12.9. The van der Waals surface area contributed by atoms with Gasteiger partial charge >= 0.3 is 0 Å². The maximum absolute atomic E-state index is 12.9. The Kier molecular flexibility index (Phi) is 2.06. The van der Waals surface area contributed by atoms with Gasteiger partial charge in [0.25, 0.3) is 0 Å². The summed E-state index contributed by atoms with van der Waals surface area (Å²) in [5.74, 6) is -0.289. The first-order valence-corrected chi connectivity index (χ1v) is 4.40. The van der Waals surface area contributed by atoms with Gasteiger partial charge in [-0.15, -0.1) is 0 Å². The first-order valence-electron chi connectivity index (χ1n) is 4.40. The molecule has 70 valence electrons. The van der Waals surface area contributed by atoms with E-state index in [0.29, 0.717) is 6.42 Å². The molecule has 0 fully saturated rings. The van der Waals surface area contributed by atoms with Gasteiger partial charge in [0.15, 0.2) is 0 Å². The minimum Gasteiger partial charge on any atom is -0.391 e. The van der Waals surface area contributed by atoms with Crippen molar-refractivity contribution in [2.75, 3.05) is 0 Å². The van der Waals surface area contributed by atoms with Crippen LogP contribution in [0.3, 0.4) is 0 Å². The number of fused-ring (bicyclic) bond motifs is 1. The maximum Gasteiger partial charge on any atom is 0.123 e. The van der Waals surface area contributed by atoms with Gasteiger partial charge in [-0.3, -0.25) is 0 Å². The molecular weight excluding hydrogens is 169 g/mol. The van der Waals surface area contributed by atoms with Crippen LogP contribution in [0.2, 0.25) is 0 Å². The van der Waals surface area contributed by atoms with Crippen LogP contribution in [0.25, 0.3) is 0 Å². The molecule has 0 unspecified atom stereocenters. The van der Waals surface area contributed by atoms with Crippen molar-refractivity contribution in [3.8, 4) is 0 Å². The van der Waals surface area contributed by atoms with Crippen molar-refractivity contribution < 1.29 is 9.50 Å². The molecule has 3 N–H and O–H groups in total. The van der Waals surface area contributed by atoms with Gasteiger partial charge < -0.3 is 10.8 Å². The molecule has 2 atom stereocenters. The van der Waals surface area contributed by atoms with Crippen LogP contribution in [-0.2, 0) is 6.42 Å². The van der Waals surface area contributed by atoms with Gasteiger partial charge in [0.1, 0.15) is 5.82 Å². The highest BCUT2D eigenvalue weighted by Gasteiger charge is 2.24. The van der Waals surface area contributed by atoms with Crippen molar-refractivity contribution in [2.45, 2.75) is 25.0 Å². The largest absolute Gasteiger partial charge is 0.391 e. The van der Waals surface area contributed by atoms with Crippen molar-refractivity contribution in [3.63, 3.8) is 0 Å². The Morgan fingerprint density at radius 3 is 3.00 bits per heavy atom. The Balaban J connectivity index is 2.45. The summed E-state index contributed by atoms with van der Waals surface area (Å²) in [4.78, 5) is 0. The van der Waals surface area contributed by atoms with E-state index in [1.165, 1.54) is 12.1 Å². The number of hydrogen-bond acceptors (Lipinski definition) is 2. The average Bonchev–Trinajstić information content (AvgIpc) is 2.12. The number of rotatable bonds is 0. The summed E-state index contributed by atoms with van der Waals surface area (Å²) in [5.41, 5.74) is 7.55. The van der Waals surface area contributed by atoms with Gasteiger partial charge in [-0.2, -0.15) is 0 Å². The fourth-order valence-electron chi connectivity index (χ4n) is 1.79. The van der Waals surface area contributed by atoms with E-state index in [1.807, 2.05) is 0 Å². The van der Waals surface area contributed by atoms with Crippen molar-refractivity contribution in [3.05, 3.63) is 35.1 Å². The lowest BCUT2D eigenvalue weighted by molar-refractivity contribution is 0.128. The molecular formula is C10H12FNO. The Hall–Kier alpha value is -0.930. The van der Waals surface area contributed by atoms with Crippen LogP contribution in [0, 0.1) is 5.82 Å². The molecule has 2 rings (SSSR count). The van der Waals surface area contributed by atoms with Crippen LogP contribution in [-0.4, -0.2) is 11.2 Å². The highest BCUT2D eigenvalue weighted by atomic mass is 19.1. The van der Waals surface area contributed by atoms with E-state index in [-0.39, 0.29) is 5.82 Å². The van der Waals surface area contributed by atoms with Gasteiger partial charge in [0.2, 0.25) is 0 Å². The van der Waals surface area contributed by atoms with E-state index in [2.05, 4.69) is 0 Å². The molecule has 0 saturated carbocycles. The van der Waals surface area contributed by atoms with Gasteiger partial charge in [-0.1, -0.05) is 6.07 Å². The zero-order chi connectivity index (χ0) is 9.42. The van der Waals surface area contributed by atoms with Crippen molar-refractivity contribution in [2.24, 2.45) is 5.73 Å². The Morgan fingerprint density at radius 1 is 1.46 bits per heavy atom. The molecule has 0 heterocycles. The molecule has 3 heteroatoms.